The second kappa shape index (κ2) is 6.10. The molecule has 0 spiro atoms. The van der Waals surface area contributed by atoms with E-state index in [2.05, 4.69) is 0 Å². The molecule has 0 saturated heterocycles. The van der Waals surface area contributed by atoms with E-state index in [0.717, 1.165) is 11.1 Å². The van der Waals surface area contributed by atoms with E-state index in [9.17, 15) is 4.79 Å². The molecule has 0 heterocycles. The first-order chi connectivity index (χ1) is 9.60. The summed E-state index contributed by atoms with van der Waals surface area (Å²) in [5.74, 6) is -0.0115. The maximum atomic E-state index is 11.7. The molecule has 0 aliphatic heterocycles. The van der Waals surface area contributed by atoms with Gasteiger partial charge in [-0.05, 0) is 24.6 Å². The van der Waals surface area contributed by atoms with E-state index in [0.29, 0.717) is 23.6 Å². The lowest BCUT2D eigenvalue weighted by atomic mass is 10.1. The number of ether oxygens (including phenoxy) is 2. The Morgan fingerprint density at radius 3 is 2.70 bits per heavy atom. The minimum atomic E-state index is -0.441. The van der Waals surface area contributed by atoms with Gasteiger partial charge in [-0.25, -0.2) is 4.79 Å². The van der Waals surface area contributed by atoms with Gasteiger partial charge in [0.1, 0.15) is 17.9 Å². The molecule has 0 unspecified atom stereocenters. The molecule has 0 aromatic heterocycles. The van der Waals surface area contributed by atoms with Crippen LogP contribution in [0.25, 0.3) is 0 Å². The molecule has 0 fully saturated rings. The van der Waals surface area contributed by atoms with Gasteiger partial charge in [0, 0.05) is 11.8 Å². The monoisotopic (exact) mass is 271 g/mol. The second-order valence-electron chi connectivity index (χ2n) is 4.52. The summed E-state index contributed by atoms with van der Waals surface area (Å²) in [6.07, 6.45) is 0. The van der Waals surface area contributed by atoms with Gasteiger partial charge in [-0.1, -0.05) is 29.8 Å². The molecular formula is C16H17NO3. The van der Waals surface area contributed by atoms with Crippen LogP contribution in [0.5, 0.6) is 5.75 Å². The van der Waals surface area contributed by atoms with Crippen LogP contribution in [-0.2, 0) is 11.3 Å². The molecule has 0 aliphatic rings. The van der Waals surface area contributed by atoms with Crippen molar-refractivity contribution in [2.75, 3.05) is 12.8 Å². The number of nitrogens with two attached hydrogens (primary N) is 1. The van der Waals surface area contributed by atoms with Crippen molar-refractivity contribution in [3.8, 4) is 5.75 Å². The maximum absolute atomic E-state index is 11.7. The third kappa shape index (κ3) is 3.29. The topological polar surface area (TPSA) is 61.5 Å². The quantitative estimate of drug-likeness (QED) is 0.686. The molecule has 104 valence electrons. The minimum absolute atomic E-state index is 0.370. The van der Waals surface area contributed by atoms with Crippen LogP contribution in [0.3, 0.4) is 0 Å². The lowest BCUT2D eigenvalue weighted by Gasteiger charge is -2.11. The van der Waals surface area contributed by atoms with E-state index in [-0.39, 0.29) is 0 Å². The van der Waals surface area contributed by atoms with Gasteiger partial charge in [0.05, 0.1) is 7.11 Å². The summed E-state index contributed by atoms with van der Waals surface area (Å²) in [5, 5.41) is 0. The van der Waals surface area contributed by atoms with Crippen molar-refractivity contribution in [3.63, 3.8) is 0 Å². The summed E-state index contributed by atoms with van der Waals surface area (Å²) >= 11 is 0. The van der Waals surface area contributed by atoms with Crippen molar-refractivity contribution >= 4 is 11.7 Å². The number of rotatable bonds is 4. The standard InChI is InChI=1S/C16H17NO3/c1-11-4-3-5-12(8-11)10-20-15-9-13(17)6-7-14(15)16(18)19-2/h3-9H,10,17H2,1-2H3. The molecule has 2 N–H and O–H groups in total. The zero-order chi connectivity index (χ0) is 14.5. The second-order valence-corrected chi connectivity index (χ2v) is 4.52. The maximum Gasteiger partial charge on any atom is 0.341 e. The summed E-state index contributed by atoms with van der Waals surface area (Å²) in [6.45, 7) is 2.39. The highest BCUT2D eigenvalue weighted by molar-refractivity contribution is 5.93. The Morgan fingerprint density at radius 2 is 2.00 bits per heavy atom. The molecule has 0 atom stereocenters. The van der Waals surface area contributed by atoms with E-state index in [1.165, 1.54) is 7.11 Å². The van der Waals surface area contributed by atoms with Gasteiger partial charge in [-0.3, -0.25) is 0 Å². The highest BCUT2D eigenvalue weighted by Crippen LogP contribution is 2.23. The van der Waals surface area contributed by atoms with Crippen molar-refractivity contribution in [1.29, 1.82) is 0 Å². The zero-order valence-electron chi connectivity index (χ0n) is 11.6. The van der Waals surface area contributed by atoms with Gasteiger partial charge in [-0.2, -0.15) is 0 Å². The largest absolute Gasteiger partial charge is 0.488 e. The third-order valence-electron chi connectivity index (χ3n) is 2.89. The Morgan fingerprint density at radius 1 is 1.20 bits per heavy atom. The van der Waals surface area contributed by atoms with E-state index in [1.807, 2.05) is 31.2 Å². The minimum Gasteiger partial charge on any atom is -0.488 e. The number of esters is 1. The lowest BCUT2D eigenvalue weighted by Crippen LogP contribution is -2.06. The summed E-state index contributed by atoms with van der Waals surface area (Å²) in [7, 11) is 1.34. The molecule has 0 radical (unpaired) electrons. The van der Waals surface area contributed by atoms with Crippen LogP contribution in [-0.4, -0.2) is 13.1 Å². The fraction of sp³-hybridized carbons (Fsp3) is 0.188. The highest BCUT2D eigenvalue weighted by Gasteiger charge is 2.13. The molecule has 2 rings (SSSR count). The molecule has 0 bridgehead atoms. The molecule has 4 nitrogen and oxygen atoms in total. The lowest BCUT2D eigenvalue weighted by molar-refractivity contribution is 0.0595. The Bertz CT molecular complexity index is 623. The fourth-order valence-electron chi connectivity index (χ4n) is 1.90. The van der Waals surface area contributed by atoms with Gasteiger partial charge in [-0.15, -0.1) is 0 Å². The first-order valence-electron chi connectivity index (χ1n) is 6.26. The van der Waals surface area contributed by atoms with Crippen molar-refractivity contribution < 1.29 is 14.3 Å². The third-order valence-corrected chi connectivity index (χ3v) is 2.89. The van der Waals surface area contributed by atoms with E-state index in [4.69, 9.17) is 15.2 Å². The molecule has 0 aliphatic carbocycles. The van der Waals surface area contributed by atoms with Crippen LogP contribution in [0.1, 0.15) is 21.5 Å². The summed E-state index contributed by atoms with van der Waals surface area (Å²) in [6, 6.07) is 12.9. The Labute approximate surface area is 118 Å². The number of anilines is 1. The fourth-order valence-corrected chi connectivity index (χ4v) is 1.90. The number of carbonyl (C=O) groups excluding carboxylic acids is 1. The number of hydrogen-bond acceptors (Lipinski definition) is 4. The van der Waals surface area contributed by atoms with Crippen LogP contribution in [0.2, 0.25) is 0 Å². The smallest absolute Gasteiger partial charge is 0.341 e. The number of hydrogen-bond donors (Lipinski definition) is 1. The first-order valence-corrected chi connectivity index (χ1v) is 6.26. The molecular weight excluding hydrogens is 254 g/mol. The zero-order valence-corrected chi connectivity index (χ0v) is 11.6. The van der Waals surface area contributed by atoms with Crippen LogP contribution >= 0.6 is 0 Å². The van der Waals surface area contributed by atoms with E-state index in [1.54, 1.807) is 18.2 Å². The van der Waals surface area contributed by atoms with Crippen LogP contribution in [0, 0.1) is 6.92 Å². The summed E-state index contributed by atoms with van der Waals surface area (Å²) in [4.78, 5) is 11.7. The SMILES string of the molecule is COC(=O)c1ccc(N)cc1OCc1cccc(C)c1. The van der Waals surface area contributed by atoms with Crippen molar-refractivity contribution in [1.82, 2.24) is 0 Å². The summed E-state index contributed by atoms with van der Waals surface area (Å²) < 4.78 is 10.4. The average Bonchev–Trinajstić information content (AvgIpc) is 2.44. The number of aryl methyl sites for hydroxylation is 1. The predicted molar refractivity (Wildman–Crippen MR) is 77.7 cm³/mol. The predicted octanol–water partition coefficient (Wildman–Crippen LogP) is 2.94. The van der Waals surface area contributed by atoms with Crippen molar-refractivity contribution in [2.24, 2.45) is 0 Å². The van der Waals surface area contributed by atoms with Crippen LogP contribution in [0.15, 0.2) is 42.5 Å². The first kappa shape index (κ1) is 13.9. The average molecular weight is 271 g/mol. The molecule has 0 amide bonds. The Kier molecular flexibility index (Phi) is 4.25. The molecule has 2 aromatic rings. The Hall–Kier alpha value is -2.49. The van der Waals surface area contributed by atoms with E-state index < -0.39 is 5.97 Å². The molecule has 20 heavy (non-hydrogen) atoms. The van der Waals surface area contributed by atoms with Gasteiger partial charge in [0.2, 0.25) is 0 Å². The number of nitrogen functional groups attached to an aromatic ring is 1. The van der Waals surface area contributed by atoms with Crippen molar-refractivity contribution in [2.45, 2.75) is 13.5 Å². The van der Waals surface area contributed by atoms with Gasteiger partial charge >= 0.3 is 5.97 Å². The number of carbonyl (C=O) groups is 1. The number of benzene rings is 2. The van der Waals surface area contributed by atoms with Crippen LogP contribution in [0.4, 0.5) is 5.69 Å². The normalized spacial score (nSPS) is 10.1. The van der Waals surface area contributed by atoms with Gasteiger partial charge in [0.25, 0.3) is 0 Å². The number of methoxy groups -OCH3 is 1. The highest BCUT2D eigenvalue weighted by atomic mass is 16.5. The van der Waals surface area contributed by atoms with Gasteiger partial charge in [0.15, 0.2) is 0 Å². The van der Waals surface area contributed by atoms with Crippen molar-refractivity contribution in [3.05, 3.63) is 59.2 Å². The van der Waals surface area contributed by atoms with Crippen LogP contribution < -0.4 is 10.5 Å². The van der Waals surface area contributed by atoms with Gasteiger partial charge < -0.3 is 15.2 Å². The molecule has 0 saturated carbocycles. The summed E-state index contributed by atoms with van der Waals surface area (Å²) in [5.41, 5.74) is 8.83. The van der Waals surface area contributed by atoms with E-state index >= 15 is 0 Å². The molecule has 2 aromatic carbocycles. The Balaban J connectivity index is 2.20. The molecule has 4 heteroatoms.